The second-order valence-corrected chi connectivity index (χ2v) is 3.09. The van der Waals surface area contributed by atoms with Gasteiger partial charge in [-0.25, -0.2) is 0 Å². The molecule has 1 aromatic carbocycles. The number of alkyl halides is 3. The third-order valence-electron chi connectivity index (χ3n) is 2.08. The Bertz CT molecular complexity index is 418. The van der Waals surface area contributed by atoms with Gasteiger partial charge in [0, 0.05) is 0 Å². The van der Waals surface area contributed by atoms with E-state index in [1.165, 1.54) is 6.92 Å². The monoisotopic (exact) mass is 215 g/mol. The zero-order valence-electron chi connectivity index (χ0n) is 7.89. The Labute approximate surface area is 84.6 Å². The minimum Gasteiger partial charge on any atom is -0.392 e. The van der Waals surface area contributed by atoms with Gasteiger partial charge in [-0.3, -0.25) is 0 Å². The van der Waals surface area contributed by atoms with Crippen molar-refractivity contribution in [1.29, 1.82) is 5.26 Å². The average Bonchev–Trinajstić information content (AvgIpc) is 2.15. The van der Waals surface area contributed by atoms with Crippen molar-refractivity contribution >= 4 is 0 Å². The smallest absolute Gasteiger partial charge is 0.392 e. The van der Waals surface area contributed by atoms with Crippen LogP contribution >= 0.6 is 0 Å². The Morgan fingerprint density at radius 1 is 1.40 bits per heavy atom. The second-order valence-electron chi connectivity index (χ2n) is 3.09. The lowest BCUT2D eigenvalue weighted by molar-refractivity contribution is -0.137. The number of aryl methyl sites for hydroxylation is 1. The molecule has 0 aliphatic rings. The predicted molar refractivity (Wildman–Crippen MR) is 46.8 cm³/mol. The van der Waals surface area contributed by atoms with Gasteiger partial charge in [0.05, 0.1) is 23.8 Å². The molecule has 15 heavy (non-hydrogen) atoms. The number of benzene rings is 1. The SMILES string of the molecule is Cc1cc(C(F)(F)F)cc(C#N)c1CO. The Balaban J connectivity index is 3.41. The lowest BCUT2D eigenvalue weighted by Gasteiger charge is -2.11. The van der Waals surface area contributed by atoms with Crippen LogP contribution in [0.1, 0.15) is 22.3 Å². The largest absolute Gasteiger partial charge is 0.416 e. The van der Waals surface area contributed by atoms with Gasteiger partial charge in [-0.1, -0.05) is 0 Å². The molecule has 0 spiro atoms. The number of halogens is 3. The topological polar surface area (TPSA) is 44.0 Å². The molecule has 0 unspecified atom stereocenters. The van der Waals surface area contributed by atoms with Crippen molar-refractivity contribution in [2.45, 2.75) is 19.7 Å². The van der Waals surface area contributed by atoms with Crippen LogP contribution in [0.5, 0.6) is 0 Å². The van der Waals surface area contributed by atoms with Gasteiger partial charge < -0.3 is 5.11 Å². The van der Waals surface area contributed by atoms with Crippen molar-refractivity contribution in [3.8, 4) is 6.07 Å². The molecule has 0 bridgehead atoms. The predicted octanol–water partition coefficient (Wildman–Crippen LogP) is 2.38. The number of aliphatic hydroxyl groups excluding tert-OH is 1. The van der Waals surface area contributed by atoms with Crippen molar-refractivity contribution in [1.82, 2.24) is 0 Å². The van der Waals surface area contributed by atoms with E-state index in [0.717, 1.165) is 12.1 Å². The lowest BCUT2D eigenvalue weighted by Crippen LogP contribution is -2.07. The van der Waals surface area contributed by atoms with Crippen molar-refractivity contribution in [3.63, 3.8) is 0 Å². The summed E-state index contributed by atoms with van der Waals surface area (Å²) >= 11 is 0. The molecule has 1 aromatic rings. The first kappa shape index (κ1) is 11.5. The maximum absolute atomic E-state index is 12.3. The number of nitriles is 1. The highest BCUT2D eigenvalue weighted by Gasteiger charge is 2.31. The highest BCUT2D eigenvalue weighted by molar-refractivity contribution is 5.45. The highest BCUT2D eigenvalue weighted by atomic mass is 19.4. The number of hydrogen-bond acceptors (Lipinski definition) is 2. The molecule has 1 rings (SSSR count). The van der Waals surface area contributed by atoms with E-state index in [9.17, 15) is 13.2 Å². The van der Waals surface area contributed by atoms with Crippen LogP contribution < -0.4 is 0 Å². The summed E-state index contributed by atoms with van der Waals surface area (Å²) in [5.74, 6) is 0. The summed E-state index contributed by atoms with van der Waals surface area (Å²) in [7, 11) is 0. The van der Waals surface area contributed by atoms with E-state index in [4.69, 9.17) is 10.4 Å². The first-order chi connectivity index (χ1) is 6.90. The molecular weight excluding hydrogens is 207 g/mol. The summed E-state index contributed by atoms with van der Waals surface area (Å²) in [6.07, 6.45) is -4.47. The lowest BCUT2D eigenvalue weighted by atomic mass is 9.99. The molecule has 2 nitrogen and oxygen atoms in total. The number of aliphatic hydroxyl groups is 1. The number of rotatable bonds is 1. The Hall–Kier alpha value is -1.54. The summed E-state index contributed by atoms with van der Waals surface area (Å²) < 4.78 is 37.0. The molecule has 0 aromatic heterocycles. The molecule has 0 aliphatic carbocycles. The molecule has 0 amide bonds. The van der Waals surface area contributed by atoms with Crippen LogP contribution in [0.15, 0.2) is 12.1 Å². The number of nitrogens with zero attached hydrogens (tertiary/aromatic N) is 1. The third-order valence-corrected chi connectivity index (χ3v) is 2.08. The molecule has 0 radical (unpaired) electrons. The zero-order chi connectivity index (χ0) is 11.6. The summed E-state index contributed by atoms with van der Waals surface area (Å²) in [6, 6.07) is 3.31. The summed E-state index contributed by atoms with van der Waals surface area (Å²) in [6.45, 7) is 0.995. The fraction of sp³-hybridized carbons (Fsp3) is 0.300. The van der Waals surface area contributed by atoms with Gasteiger partial charge >= 0.3 is 6.18 Å². The average molecular weight is 215 g/mol. The molecule has 0 saturated heterocycles. The van der Waals surface area contributed by atoms with Gasteiger partial charge in [0.1, 0.15) is 0 Å². The van der Waals surface area contributed by atoms with Gasteiger partial charge in [0.25, 0.3) is 0 Å². The van der Waals surface area contributed by atoms with Crippen LogP contribution in [0.4, 0.5) is 13.2 Å². The van der Waals surface area contributed by atoms with E-state index in [1.807, 2.05) is 0 Å². The molecule has 80 valence electrons. The Morgan fingerprint density at radius 3 is 2.40 bits per heavy atom. The first-order valence-corrected chi connectivity index (χ1v) is 4.12. The molecule has 0 saturated carbocycles. The van der Waals surface area contributed by atoms with Gasteiger partial charge in [-0.15, -0.1) is 0 Å². The van der Waals surface area contributed by atoms with Gasteiger partial charge in [-0.05, 0) is 30.2 Å². The molecule has 0 aliphatic heterocycles. The Kier molecular flexibility index (Phi) is 3.01. The Morgan fingerprint density at radius 2 is 2.00 bits per heavy atom. The van der Waals surface area contributed by atoms with E-state index in [1.54, 1.807) is 6.07 Å². The van der Waals surface area contributed by atoms with Crippen molar-refractivity contribution in [2.24, 2.45) is 0 Å². The van der Waals surface area contributed by atoms with Crippen molar-refractivity contribution in [3.05, 3.63) is 34.4 Å². The van der Waals surface area contributed by atoms with E-state index >= 15 is 0 Å². The summed E-state index contributed by atoms with van der Waals surface area (Å²) in [4.78, 5) is 0. The van der Waals surface area contributed by atoms with Crippen molar-refractivity contribution in [2.75, 3.05) is 0 Å². The number of hydrogen-bond donors (Lipinski definition) is 1. The maximum Gasteiger partial charge on any atom is 0.416 e. The van der Waals surface area contributed by atoms with E-state index < -0.39 is 18.3 Å². The fourth-order valence-electron chi connectivity index (χ4n) is 1.29. The van der Waals surface area contributed by atoms with Gasteiger partial charge in [0.2, 0.25) is 0 Å². The highest BCUT2D eigenvalue weighted by Crippen LogP contribution is 2.31. The van der Waals surface area contributed by atoms with Crippen LogP contribution in [0, 0.1) is 18.3 Å². The molecular formula is C10H8F3NO. The second kappa shape index (κ2) is 3.91. The van der Waals surface area contributed by atoms with Gasteiger partial charge in [-0.2, -0.15) is 18.4 Å². The minimum absolute atomic E-state index is 0.134. The van der Waals surface area contributed by atoms with Crippen LogP contribution in [-0.4, -0.2) is 5.11 Å². The molecule has 5 heteroatoms. The first-order valence-electron chi connectivity index (χ1n) is 4.12. The maximum atomic E-state index is 12.3. The van der Waals surface area contributed by atoms with Crippen LogP contribution in [-0.2, 0) is 12.8 Å². The van der Waals surface area contributed by atoms with Crippen LogP contribution in [0.2, 0.25) is 0 Å². The van der Waals surface area contributed by atoms with E-state index in [0.29, 0.717) is 0 Å². The van der Waals surface area contributed by atoms with Gasteiger partial charge in [0.15, 0.2) is 0 Å². The molecule has 1 N–H and O–H groups in total. The van der Waals surface area contributed by atoms with Crippen LogP contribution in [0.3, 0.4) is 0 Å². The van der Waals surface area contributed by atoms with E-state index in [2.05, 4.69) is 0 Å². The zero-order valence-corrected chi connectivity index (χ0v) is 7.89. The van der Waals surface area contributed by atoms with E-state index in [-0.39, 0.29) is 16.7 Å². The summed E-state index contributed by atoms with van der Waals surface area (Å²) in [5.41, 5.74) is -0.493. The fourth-order valence-corrected chi connectivity index (χ4v) is 1.29. The van der Waals surface area contributed by atoms with Crippen molar-refractivity contribution < 1.29 is 18.3 Å². The molecule has 0 heterocycles. The molecule has 0 atom stereocenters. The minimum atomic E-state index is -4.47. The van der Waals surface area contributed by atoms with Crippen LogP contribution in [0.25, 0.3) is 0 Å². The third kappa shape index (κ3) is 2.28. The normalized spacial score (nSPS) is 11.2. The standard InChI is InChI=1S/C10H8F3NO/c1-6-2-8(10(11,12)13)3-7(4-14)9(6)5-15/h2-3,15H,5H2,1H3. The quantitative estimate of drug-likeness (QED) is 0.781. The summed E-state index contributed by atoms with van der Waals surface area (Å²) in [5, 5.41) is 17.5. The molecule has 0 fully saturated rings.